The van der Waals surface area contributed by atoms with Crippen LogP contribution in [0.4, 0.5) is 5.69 Å². The van der Waals surface area contributed by atoms with Crippen molar-refractivity contribution < 1.29 is 9.64 Å². The molecule has 0 unspecified atom stereocenters. The molecule has 2 N–H and O–H groups in total. The highest BCUT2D eigenvalue weighted by atomic mass is 35.5. The lowest BCUT2D eigenvalue weighted by Crippen LogP contribution is -3.14. The van der Waals surface area contributed by atoms with Crippen molar-refractivity contribution in [1.29, 1.82) is 0 Å². The van der Waals surface area contributed by atoms with Gasteiger partial charge in [0.1, 0.15) is 13.1 Å². The summed E-state index contributed by atoms with van der Waals surface area (Å²) in [5, 5.41) is 6.83. The van der Waals surface area contributed by atoms with Crippen molar-refractivity contribution >= 4 is 46.0 Å². The normalized spacial score (nSPS) is 15.0. The highest BCUT2D eigenvalue weighted by molar-refractivity contribution is 7.80. The van der Waals surface area contributed by atoms with Gasteiger partial charge in [0.15, 0.2) is 5.11 Å². The van der Waals surface area contributed by atoms with Gasteiger partial charge in [-0.3, -0.25) is 0 Å². The highest BCUT2D eigenvalue weighted by Crippen LogP contribution is 2.21. The molecule has 2 aromatic rings. The number of hydrogen-bond donors (Lipinski definition) is 2. The van der Waals surface area contributed by atoms with E-state index in [1.165, 1.54) is 4.88 Å². The summed E-state index contributed by atoms with van der Waals surface area (Å²) >= 11 is 13.7. The molecule has 1 aromatic heterocycles. The minimum Gasteiger partial charge on any atom is -0.370 e. The summed E-state index contributed by atoms with van der Waals surface area (Å²) < 4.78 is 5.44. The van der Waals surface area contributed by atoms with E-state index in [9.17, 15) is 0 Å². The molecule has 0 spiro atoms. The number of ether oxygens (including phenoxy) is 1. The van der Waals surface area contributed by atoms with Crippen LogP contribution in [0.25, 0.3) is 0 Å². The molecule has 1 aromatic carbocycles. The van der Waals surface area contributed by atoms with Gasteiger partial charge in [-0.15, -0.1) is 11.3 Å². The van der Waals surface area contributed by atoms with Crippen LogP contribution in [0, 0.1) is 0 Å². The fourth-order valence-electron chi connectivity index (χ4n) is 3.03. The Hall–Kier alpha value is -1.18. The number of nitrogens with zero attached hydrogens (tertiary/aromatic N) is 1. The molecule has 0 radical (unpaired) electrons. The second kappa shape index (κ2) is 10.2. The fourth-order valence-corrected chi connectivity index (χ4v) is 4.20. The average molecular weight is 411 g/mol. The van der Waals surface area contributed by atoms with Crippen LogP contribution in [0.3, 0.4) is 0 Å². The zero-order chi connectivity index (χ0) is 18.2. The maximum atomic E-state index is 6.27. The number of thiocarbonyl (C=S) groups is 1. The van der Waals surface area contributed by atoms with E-state index >= 15 is 0 Å². The summed E-state index contributed by atoms with van der Waals surface area (Å²) in [6, 6.07) is 11.9. The Labute approximate surface area is 169 Å². The predicted octanol–water partition coefficient (Wildman–Crippen LogP) is 2.91. The highest BCUT2D eigenvalue weighted by Gasteiger charge is 2.16. The maximum Gasteiger partial charge on any atom is 0.173 e. The number of quaternary nitrogens is 1. The largest absolute Gasteiger partial charge is 0.370 e. The molecule has 0 bridgehead atoms. The first kappa shape index (κ1) is 19.6. The van der Waals surface area contributed by atoms with Gasteiger partial charge in [0.2, 0.25) is 0 Å². The third-order valence-corrected chi connectivity index (χ3v) is 6.04. The molecule has 0 saturated carbocycles. The molecule has 7 heteroatoms. The quantitative estimate of drug-likeness (QED) is 0.687. The molecule has 1 fully saturated rings. The Balaban J connectivity index is 1.58. The van der Waals surface area contributed by atoms with Gasteiger partial charge in [-0.2, -0.15) is 0 Å². The Morgan fingerprint density at radius 2 is 2.04 bits per heavy atom. The smallest absolute Gasteiger partial charge is 0.173 e. The molecule has 3 rings (SSSR count). The van der Waals surface area contributed by atoms with E-state index in [0.29, 0.717) is 5.02 Å². The summed E-state index contributed by atoms with van der Waals surface area (Å²) in [5.74, 6) is 0. The molecule has 1 aliphatic heterocycles. The standard InChI is InChI=1S/C19H24ClN3OS2/c20-17-6-1-2-7-18(17)21-19(25)23(15-16-5-3-14-26-16)9-4-8-22-10-12-24-13-11-22/h1-3,5-7,14H,4,8-13,15H2,(H,21,25)/p+1. The molecule has 1 saturated heterocycles. The van der Waals surface area contributed by atoms with Crippen molar-refractivity contribution in [2.24, 2.45) is 0 Å². The van der Waals surface area contributed by atoms with Crippen molar-refractivity contribution in [2.45, 2.75) is 13.0 Å². The van der Waals surface area contributed by atoms with Crippen LogP contribution in [0.2, 0.25) is 5.02 Å². The molecule has 2 heterocycles. The van der Waals surface area contributed by atoms with E-state index in [0.717, 1.165) is 63.2 Å². The Morgan fingerprint density at radius 1 is 1.23 bits per heavy atom. The van der Waals surface area contributed by atoms with Gasteiger partial charge in [0.05, 0.1) is 37.0 Å². The molecule has 4 nitrogen and oxygen atoms in total. The first-order chi connectivity index (χ1) is 12.7. The SMILES string of the molecule is S=C(Nc1ccccc1Cl)N(CCC[NH+]1CCOCC1)Cc1cccs1. The van der Waals surface area contributed by atoms with E-state index in [-0.39, 0.29) is 0 Å². The van der Waals surface area contributed by atoms with Crippen molar-refractivity contribution in [3.05, 3.63) is 51.7 Å². The van der Waals surface area contributed by atoms with E-state index in [2.05, 4.69) is 27.7 Å². The number of para-hydroxylation sites is 1. The molecule has 0 aliphatic carbocycles. The number of morpholine rings is 1. The van der Waals surface area contributed by atoms with Crippen molar-refractivity contribution in [1.82, 2.24) is 4.90 Å². The number of benzene rings is 1. The van der Waals surface area contributed by atoms with Crippen LogP contribution < -0.4 is 10.2 Å². The zero-order valence-corrected chi connectivity index (χ0v) is 17.1. The Bertz CT molecular complexity index is 690. The summed E-state index contributed by atoms with van der Waals surface area (Å²) in [4.78, 5) is 5.18. The van der Waals surface area contributed by atoms with E-state index in [1.807, 2.05) is 24.3 Å². The van der Waals surface area contributed by atoms with Crippen LogP contribution in [0.5, 0.6) is 0 Å². The van der Waals surface area contributed by atoms with E-state index < -0.39 is 0 Å². The number of anilines is 1. The molecule has 0 atom stereocenters. The van der Waals surface area contributed by atoms with Crippen LogP contribution in [0.1, 0.15) is 11.3 Å². The molecule has 1 aliphatic rings. The first-order valence-corrected chi connectivity index (χ1v) is 10.6. The lowest BCUT2D eigenvalue weighted by molar-refractivity contribution is -0.908. The van der Waals surface area contributed by atoms with Crippen molar-refractivity contribution in [3.8, 4) is 0 Å². The van der Waals surface area contributed by atoms with Gasteiger partial charge in [-0.25, -0.2) is 0 Å². The summed E-state index contributed by atoms with van der Waals surface area (Å²) in [6.07, 6.45) is 1.10. The number of hydrogen-bond acceptors (Lipinski definition) is 3. The monoisotopic (exact) mass is 410 g/mol. The van der Waals surface area contributed by atoms with Gasteiger partial charge in [-0.05, 0) is 35.8 Å². The number of rotatable bonds is 7. The zero-order valence-electron chi connectivity index (χ0n) is 14.7. The minimum atomic E-state index is 0.684. The Kier molecular flexibility index (Phi) is 7.70. The van der Waals surface area contributed by atoms with Gasteiger partial charge < -0.3 is 19.9 Å². The molecular weight excluding hydrogens is 386 g/mol. The van der Waals surface area contributed by atoms with Crippen LogP contribution in [0.15, 0.2) is 41.8 Å². The molecular formula is C19H25ClN3OS2+. The van der Waals surface area contributed by atoms with Gasteiger partial charge >= 0.3 is 0 Å². The van der Waals surface area contributed by atoms with Crippen LogP contribution >= 0.6 is 35.2 Å². The first-order valence-electron chi connectivity index (χ1n) is 8.96. The third kappa shape index (κ3) is 5.93. The van der Waals surface area contributed by atoms with Crippen LogP contribution in [-0.4, -0.2) is 49.4 Å². The molecule has 26 heavy (non-hydrogen) atoms. The van der Waals surface area contributed by atoms with Gasteiger partial charge in [0.25, 0.3) is 0 Å². The second-order valence-corrected chi connectivity index (χ2v) is 8.20. The molecule has 140 valence electrons. The van der Waals surface area contributed by atoms with Crippen LogP contribution in [-0.2, 0) is 11.3 Å². The summed E-state index contributed by atoms with van der Waals surface area (Å²) in [7, 11) is 0. The minimum absolute atomic E-state index is 0.684. The third-order valence-electron chi connectivity index (χ3n) is 4.49. The van der Waals surface area contributed by atoms with Crippen molar-refractivity contribution in [3.63, 3.8) is 0 Å². The van der Waals surface area contributed by atoms with E-state index in [1.54, 1.807) is 16.2 Å². The Morgan fingerprint density at radius 3 is 2.77 bits per heavy atom. The topological polar surface area (TPSA) is 28.9 Å². The maximum absolute atomic E-state index is 6.27. The van der Waals surface area contributed by atoms with Crippen molar-refractivity contribution in [2.75, 3.05) is 44.7 Å². The van der Waals surface area contributed by atoms with E-state index in [4.69, 9.17) is 28.6 Å². The summed E-state index contributed by atoms with van der Waals surface area (Å²) in [6.45, 7) is 6.87. The predicted molar refractivity (Wildman–Crippen MR) is 113 cm³/mol. The number of halogens is 1. The lowest BCUT2D eigenvalue weighted by atomic mass is 10.3. The lowest BCUT2D eigenvalue weighted by Gasteiger charge is -2.28. The summed E-state index contributed by atoms with van der Waals surface area (Å²) in [5.41, 5.74) is 0.856. The number of nitrogens with one attached hydrogen (secondary N) is 2. The second-order valence-electron chi connectivity index (χ2n) is 6.38. The number of thiophene rings is 1. The molecule has 0 amide bonds. The average Bonchev–Trinajstić information content (AvgIpc) is 3.17. The van der Waals surface area contributed by atoms with Gasteiger partial charge in [0, 0.05) is 17.8 Å². The van der Waals surface area contributed by atoms with Gasteiger partial charge in [-0.1, -0.05) is 29.8 Å². The fraction of sp³-hybridized carbons (Fsp3) is 0.421.